The summed E-state index contributed by atoms with van der Waals surface area (Å²) in [6.07, 6.45) is 0.448. The van der Waals surface area contributed by atoms with Crippen LogP contribution in [0.2, 0.25) is 0 Å². The summed E-state index contributed by atoms with van der Waals surface area (Å²) in [6, 6.07) is 7.80. The van der Waals surface area contributed by atoms with E-state index in [1.54, 1.807) is 0 Å². The lowest BCUT2D eigenvalue weighted by molar-refractivity contribution is -0.125. The van der Waals surface area contributed by atoms with Gasteiger partial charge in [-0.2, -0.15) is 0 Å². The predicted molar refractivity (Wildman–Crippen MR) is 65.7 cm³/mol. The van der Waals surface area contributed by atoms with Gasteiger partial charge >= 0.3 is 0 Å². The first-order valence-corrected chi connectivity index (χ1v) is 5.73. The van der Waals surface area contributed by atoms with Crippen molar-refractivity contribution in [1.82, 2.24) is 0 Å². The van der Waals surface area contributed by atoms with Gasteiger partial charge in [0.15, 0.2) is 0 Å². The molecule has 0 unspecified atom stereocenters. The van der Waals surface area contributed by atoms with Crippen LogP contribution in [0.25, 0.3) is 0 Å². The number of nitrogens with two attached hydrogens (primary N) is 1. The maximum absolute atomic E-state index is 11.9. The van der Waals surface area contributed by atoms with Crippen LogP contribution < -0.4 is 5.73 Å². The first-order valence-electron chi connectivity index (χ1n) is 4.93. The highest BCUT2D eigenvalue weighted by Gasteiger charge is 2.25. The van der Waals surface area contributed by atoms with Crippen molar-refractivity contribution in [3.8, 4) is 0 Å². The zero-order valence-electron chi connectivity index (χ0n) is 9.09. The number of ketones is 1. The number of hydrogen-bond acceptors (Lipinski definition) is 2. The van der Waals surface area contributed by atoms with Crippen LogP contribution in [-0.2, 0) is 11.2 Å². The lowest BCUT2D eigenvalue weighted by atomic mass is 9.85. The molecule has 0 atom stereocenters. The Kier molecular flexibility index (Phi) is 4.05. The summed E-state index contributed by atoms with van der Waals surface area (Å²) >= 11 is 3.38. The summed E-state index contributed by atoms with van der Waals surface area (Å²) in [7, 11) is 0. The smallest absolute Gasteiger partial charge is 0.144 e. The van der Waals surface area contributed by atoms with Gasteiger partial charge in [-0.1, -0.05) is 41.9 Å². The third-order valence-corrected chi connectivity index (χ3v) is 3.01. The molecule has 0 aliphatic rings. The van der Waals surface area contributed by atoms with Crippen LogP contribution >= 0.6 is 15.9 Å². The van der Waals surface area contributed by atoms with Crippen molar-refractivity contribution in [1.29, 1.82) is 0 Å². The standard InChI is InChI=1S/C12H16BrNO/c1-12(2,8-14)11(15)7-9-4-3-5-10(13)6-9/h3-6H,7-8,14H2,1-2H3. The minimum Gasteiger partial charge on any atom is -0.329 e. The maximum Gasteiger partial charge on any atom is 0.144 e. The molecule has 0 heterocycles. The zero-order valence-corrected chi connectivity index (χ0v) is 10.7. The SMILES string of the molecule is CC(C)(CN)C(=O)Cc1cccc(Br)c1. The van der Waals surface area contributed by atoms with Crippen molar-refractivity contribution in [3.63, 3.8) is 0 Å². The summed E-state index contributed by atoms with van der Waals surface area (Å²) < 4.78 is 0.998. The van der Waals surface area contributed by atoms with Gasteiger partial charge in [-0.05, 0) is 17.7 Å². The van der Waals surface area contributed by atoms with E-state index in [1.165, 1.54) is 0 Å². The highest BCUT2D eigenvalue weighted by atomic mass is 79.9. The Balaban J connectivity index is 2.75. The molecule has 0 bridgehead atoms. The summed E-state index contributed by atoms with van der Waals surface area (Å²) in [5.41, 5.74) is 6.16. The monoisotopic (exact) mass is 269 g/mol. The first kappa shape index (κ1) is 12.4. The van der Waals surface area contributed by atoms with Gasteiger partial charge in [-0.3, -0.25) is 4.79 Å². The second-order valence-electron chi connectivity index (χ2n) is 4.32. The Hall–Kier alpha value is -0.670. The molecule has 0 radical (unpaired) electrons. The third-order valence-electron chi connectivity index (χ3n) is 2.52. The molecule has 0 spiro atoms. The molecule has 0 saturated carbocycles. The van der Waals surface area contributed by atoms with E-state index in [1.807, 2.05) is 38.1 Å². The molecule has 0 aromatic heterocycles. The van der Waals surface area contributed by atoms with Gasteiger partial charge in [0, 0.05) is 22.9 Å². The molecule has 2 N–H and O–H groups in total. The Morgan fingerprint density at radius 3 is 2.67 bits per heavy atom. The number of benzene rings is 1. The number of rotatable bonds is 4. The molecule has 3 heteroatoms. The molecule has 0 saturated heterocycles. The largest absolute Gasteiger partial charge is 0.329 e. The van der Waals surface area contributed by atoms with Crippen LogP contribution in [0.3, 0.4) is 0 Å². The van der Waals surface area contributed by atoms with Gasteiger partial charge in [-0.15, -0.1) is 0 Å². The normalized spacial score (nSPS) is 11.5. The Morgan fingerprint density at radius 2 is 2.13 bits per heavy atom. The molecule has 1 aromatic rings. The number of carbonyl (C=O) groups is 1. The van der Waals surface area contributed by atoms with Crippen molar-refractivity contribution in [2.45, 2.75) is 20.3 Å². The van der Waals surface area contributed by atoms with Gasteiger partial charge in [0.05, 0.1) is 0 Å². The lowest BCUT2D eigenvalue weighted by Crippen LogP contribution is -2.33. The molecule has 0 amide bonds. The maximum atomic E-state index is 11.9. The second-order valence-corrected chi connectivity index (χ2v) is 5.23. The topological polar surface area (TPSA) is 43.1 Å². The Labute approximate surface area is 99.0 Å². The fourth-order valence-electron chi connectivity index (χ4n) is 1.19. The number of carbonyl (C=O) groups excluding carboxylic acids is 1. The van der Waals surface area contributed by atoms with E-state index >= 15 is 0 Å². The Bertz CT molecular complexity index is 360. The van der Waals surface area contributed by atoms with Gasteiger partial charge < -0.3 is 5.73 Å². The van der Waals surface area contributed by atoms with E-state index in [4.69, 9.17) is 5.73 Å². The second kappa shape index (κ2) is 4.90. The fraction of sp³-hybridized carbons (Fsp3) is 0.417. The van der Waals surface area contributed by atoms with Crippen LogP contribution in [0.4, 0.5) is 0 Å². The third kappa shape index (κ3) is 3.43. The van der Waals surface area contributed by atoms with Crippen molar-refractivity contribution in [2.24, 2.45) is 11.1 Å². The molecule has 15 heavy (non-hydrogen) atoms. The summed E-state index contributed by atoms with van der Waals surface area (Å²) in [5.74, 6) is 0.183. The van der Waals surface area contributed by atoms with E-state index in [9.17, 15) is 4.79 Å². The molecule has 1 rings (SSSR count). The van der Waals surface area contributed by atoms with Gasteiger partial charge in [0.2, 0.25) is 0 Å². The van der Waals surface area contributed by atoms with Crippen molar-refractivity contribution < 1.29 is 4.79 Å². The van der Waals surface area contributed by atoms with Crippen LogP contribution in [0.1, 0.15) is 19.4 Å². The molecule has 0 aliphatic heterocycles. The van der Waals surface area contributed by atoms with Crippen molar-refractivity contribution >= 4 is 21.7 Å². The van der Waals surface area contributed by atoms with Crippen molar-refractivity contribution in [3.05, 3.63) is 34.3 Å². The van der Waals surface area contributed by atoms with E-state index in [0.717, 1.165) is 10.0 Å². The minimum atomic E-state index is -0.428. The molecular formula is C12H16BrNO. The van der Waals surface area contributed by atoms with Crippen LogP contribution in [0.15, 0.2) is 28.7 Å². The first-order chi connectivity index (χ1) is 6.95. The number of halogens is 1. The summed E-state index contributed by atoms with van der Waals surface area (Å²) in [4.78, 5) is 11.9. The quantitative estimate of drug-likeness (QED) is 0.913. The molecule has 1 aromatic carbocycles. The van der Waals surface area contributed by atoms with E-state index in [-0.39, 0.29) is 5.78 Å². The highest BCUT2D eigenvalue weighted by molar-refractivity contribution is 9.10. The minimum absolute atomic E-state index is 0.183. The molecule has 82 valence electrons. The molecule has 0 aliphatic carbocycles. The molecule has 0 fully saturated rings. The number of Topliss-reactive ketones (excluding diaryl/α,β-unsaturated/α-hetero) is 1. The van der Waals surface area contributed by atoms with Gasteiger partial charge in [-0.25, -0.2) is 0 Å². The zero-order chi connectivity index (χ0) is 11.5. The summed E-state index contributed by atoms with van der Waals surface area (Å²) in [6.45, 7) is 4.15. The van der Waals surface area contributed by atoms with E-state index in [2.05, 4.69) is 15.9 Å². The van der Waals surface area contributed by atoms with Gasteiger partial charge in [0.1, 0.15) is 5.78 Å². The van der Waals surface area contributed by atoms with Crippen LogP contribution in [-0.4, -0.2) is 12.3 Å². The fourth-order valence-corrected chi connectivity index (χ4v) is 1.63. The average molecular weight is 270 g/mol. The van der Waals surface area contributed by atoms with E-state index < -0.39 is 5.41 Å². The highest BCUT2D eigenvalue weighted by Crippen LogP contribution is 2.19. The average Bonchev–Trinajstić information content (AvgIpc) is 2.17. The van der Waals surface area contributed by atoms with Crippen LogP contribution in [0, 0.1) is 5.41 Å². The summed E-state index contributed by atoms with van der Waals surface area (Å²) in [5, 5.41) is 0. The van der Waals surface area contributed by atoms with Crippen molar-refractivity contribution in [2.75, 3.05) is 6.54 Å². The lowest BCUT2D eigenvalue weighted by Gasteiger charge is -2.20. The van der Waals surface area contributed by atoms with Gasteiger partial charge in [0.25, 0.3) is 0 Å². The Morgan fingerprint density at radius 1 is 1.47 bits per heavy atom. The van der Waals surface area contributed by atoms with E-state index in [0.29, 0.717) is 13.0 Å². The van der Waals surface area contributed by atoms with Crippen LogP contribution in [0.5, 0.6) is 0 Å². The predicted octanol–water partition coefficient (Wildman–Crippen LogP) is 2.55. The molecular weight excluding hydrogens is 254 g/mol. The molecule has 2 nitrogen and oxygen atoms in total. The number of hydrogen-bond donors (Lipinski definition) is 1.